The molecule has 1 aromatic heterocycles. The number of para-hydroxylation sites is 1. The first-order valence-corrected chi connectivity index (χ1v) is 13.3. The fourth-order valence-corrected chi connectivity index (χ4v) is 5.47. The minimum atomic E-state index is -0.920. The molecule has 1 aliphatic heterocycles. The van der Waals surface area contributed by atoms with Crippen LogP contribution < -0.4 is 15.4 Å². The number of aliphatic hydroxyl groups is 1. The molecular weight excluding hydrogens is 476 g/mol. The van der Waals surface area contributed by atoms with Gasteiger partial charge in [-0.3, -0.25) is 14.5 Å². The van der Waals surface area contributed by atoms with Gasteiger partial charge in [0, 0.05) is 25.7 Å². The zero-order valence-corrected chi connectivity index (χ0v) is 21.6. The Hall–Kier alpha value is -3.01. The highest BCUT2D eigenvalue weighted by Crippen LogP contribution is 2.32. The lowest BCUT2D eigenvalue weighted by Crippen LogP contribution is -2.58. The van der Waals surface area contributed by atoms with E-state index < -0.39 is 11.7 Å². The number of unbranched alkanes of at least 4 members (excludes halogenated alkanes) is 2. The number of piperidine rings is 1. The Labute approximate surface area is 215 Å². The first kappa shape index (κ1) is 26.1. The largest absolute Gasteiger partial charge is 0.486 e. The Balaban J connectivity index is 1.39. The van der Waals surface area contributed by atoms with Crippen LogP contribution >= 0.6 is 11.3 Å². The molecule has 0 spiro atoms. The summed E-state index contributed by atoms with van der Waals surface area (Å²) in [5.74, 6) is 0.419. The SMILES string of the molecule is CCCCC[C@]1(O)CCN(CC(=O)Nc2nc3ccc(NC(C)=O)cc3s2)C[C@@H]1Oc1ccccc1. The van der Waals surface area contributed by atoms with E-state index in [1.807, 2.05) is 47.4 Å². The summed E-state index contributed by atoms with van der Waals surface area (Å²) in [6, 6.07) is 15.0. The number of carbonyl (C=O) groups excluding carboxylic acids is 2. The fourth-order valence-electron chi connectivity index (χ4n) is 4.55. The third kappa shape index (κ3) is 6.81. The van der Waals surface area contributed by atoms with E-state index in [0.717, 1.165) is 35.2 Å². The number of nitrogens with zero attached hydrogens (tertiary/aromatic N) is 2. The van der Waals surface area contributed by atoms with Crippen molar-refractivity contribution in [3.8, 4) is 5.75 Å². The third-order valence-electron chi connectivity index (χ3n) is 6.44. The van der Waals surface area contributed by atoms with Crippen LogP contribution in [0.3, 0.4) is 0 Å². The van der Waals surface area contributed by atoms with Gasteiger partial charge >= 0.3 is 0 Å². The van der Waals surface area contributed by atoms with Gasteiger partial charge in [-0.1, -0.05) is 55.7 Å². The van der Waals surface area contributed by atoms with E-state index in [4.69, 9.17) is 4.74 Å². The minimum Gasteiger partial charge on any atom is -0.486 e. The zero-order valence-electron chi connectivity index (χ0n) is 20.8. The lowest BCUT2D eigenvalue weighted by molar-refractivity contribution is -0.127. The minimum absolute atomic E-state index is 0.138. The molecule has 36 heavy (non-hydrogen) atoms. The zero-order chi connectivity index (χ0) is 25.5. The van der Waals surface area contributed by atoms with E-state index in [0.29, 0.717) is 36.8 Å². The number of aromatic nitrogens is 1. The standard InChI is InChI=1S/C27H34N4O4S/c1-3-4-8-13-27(34)14-15-31(17-24(27)35-21-9-6-5-7-10-21)18-25(33)30-26-29-22-12-11-20(28-19(2)32)16-23(22)36-26/h5-7,9-12,16,24,34H,3-4,8,13-15,17-18H2,1-2H3,(H,28,32)(H,29,30,33)/t24-,27-/m0/s1. The number of amides is 2. The van der Waals surface area contributed by atoms with Crippen LogP contribution in [0, 0.1) is 0 Å². The topological polar surface area (TPSA) is 104 Å². The molecule has 2 aromatic carbocycles. The number of anilines is 2. The number of ether oxygens (including phenoxy) is 1. The molecular formula is C27H34N4O4S. The fraction of sp³-hybridized carbons (Fsp3) is 0.444. The van der Waals surface area contributed by atoms with Gasteiger partial charge in [0.15, 0.2) is 5.13 Å². The average molecular weight is 511 g/mol. The molecule has 1 aliphatic rings. The van der Waals surface area contributed by atoms with Crippen LogP contribution in [0.5, 0.6) is 5.75 Å². The van der Waals surface area contributed by atoms with Gasteiger partial charge in [0.2, 0.25) is 11.8 Å². The summed E-state index contributed by atoms with van der Waals surface area (Å²) in [6.45, 7) is 4.88. The quantitative estimate of drug-likeness (QED) is 0.343. The van der Waals surface area contributed by atoms with Crippen molar-refractivity contribution in [2.45, 2.75) is 57.7 Å². The van der Waals surface area contributed by atoms with Gasteiger partial charge in [0.05, 0.1) is 16.8 Å². The summed E-state index contributed by atoms with van der Waals surface area (Å²) in [5.41, 5.74) is 0.535. The van der Waals surface area contributed by atoms with Crippen molar-refractivity contribution < 1.29 is 19.4 Å². The summed E-state index contributed by atoms with van der Waals surface area (Å²) in [4.78, 5) is 30.7. The molecule has 1 fully saturated rings. The number of nitrogens with one attached hydrogen (secondary N) is 2. The van der Waals surface area contributed by atoms with Gasteiger partial charge < -0.3 is 20.5 Å². The molecule has 2 heterocycles. The Morgan fingerprint density at radius 2 is 2.00 bits per heavy atom. The number of carbonyl (C=O) groups is 2. The Kier molecular flexibility index (Phi) is 8.56. The van der Waals surface area contributed by atoms with Gasteiger partial charge in [-0.15, -0.1) is 0 Å². The van der Waals surface area contributed by atoms with Gasteiger partial charge in [-0.05, 0) is 43.2 Å². The monoisotopic (exact) mass is 510 g/mol. The van der Waals surface area contributed by atoms with E-state index in [-0.39, 0.29) is 18.4 Å². The second kappa shape index (κ2) is 11.8. The van der Waals surface area contributed by atoms with Crippen LogP contribution in [0.25, 0.3) is 10.2 Å². The van der Waals surface area contributed by atoms with Gasteiger partial charge in [0.1, 0.15) is 17.5 Å². The summed E-state index contributed by atoms with van der Waals surface area (Å²) in [6.07, 6.45) is 3.92. The number of fused-ring (bicyclic) bond motifs is 1. The van der Waals surface area contributed by atoms with E-state index in [1.165, 1.54) is 18.3 Å². The van der Waals surface area contributed by atoms with Gasteiger partial charge in [-0.25, -0.2) is 4.98 Å². The maximum Gasteiger partial charge on any atom is 0.240 e. The molecule has 4 rings (SSSR count). The summed E-state index contributed by atoms with van der Waals surface area (Å²) in [7, 11) is 0. The highest BCUT2D eigenvalue weighted by atomic mass is 32.1. The highest BCUT2D eigenvalue weighted by Gasteiger charge is 2.43. The molecule has 192 valence electrons. The maximum atomic E-state index is 12.9. The Morgan fingerprint density at radius 1 is 1.19 bits per heavy atom. The van der Waals surface area contributed by atoms with E-state index >= 15 is 0 Å². The number of benzene rings is 2. The molecule has 0 saturated carbocycles. The molecule has 1 saturated heterocycles. The van der Waals surface area contributed by atoms with Crippen molar-refractivity contribution in [1.29, 1.82) is 0 Å². The van der Waals surface area contributed by atoms with Crippen molar-refractivity contribution in [3.63, 3.8) is 0 Å². The van der Waals surface area contributed by atoms with Crippen LogP contribution in [0.4, 0.5) is 10.8 Å². The van der Waals surface area contributed by atoms with Crippen molar-refractivity contribution in [2.24, 2.45) is 0 Å². The molecule has 3 N–H and O–H groups in total. The number of thiazole rings is 1. The predicted octanol–water partition coefficient (Wildman–Crippen LogP) is 4.66. The van der Waals surface area contributed by atoms with Crippen LogP contribution in [0.15, 0.2) is 48.5 Å². The smallest absolute Gasteiger partial charge is 0.240 e. The van der Waals surface area contributed by atoms with E-state index in [2.05, 4.69) is 22.5 Å². The van der Waals surface area contributed by atoms with Crippen molar-refractivity contribution in [1.82, 2.24) is 9.88 Å². The highest BCUT2D eigenvalue weighted by molar-refractivity contribution is 7.22. The van der Waals surface area contributed by atoms with Crippen LogP contribution in [-0.2, 0) is 9.59 Å². The molecule has 9 heteroatoms. The summed E-state index contributed by atoms with van der Waals surface area (Å²) in [5, 5.41) is 17.7. The average Bonchev–Trinajstić information content (AvgIpc) is 3.23. The van der Waals surface area contributed by atoms with Crippen molar-refractivity contribution in [2.75, 3.05) is 30.3 Å². The van der Waals surface area contributed by atoms with Crippen LogP contribution in [0.2, 0.25) is 0 Å². The molecule has 2 atom stereocenters. The molecule has 0 radical (unpaired) electrons. The van der Waals surface area contributed by atoms with Crippen molar-refractivity contribution in [3.05, 3.63) is 48.5 Å². The number of rotatable bonds is 10. The third-order valence-corrected chi connectivity index (χ3v) is 7.38. The van der Waals surface area contributed by atoms with E-state index in [1.54, 1.807) is 6.07 Å². The Bertz CT molecular complexity index is 1180. The lowest BCUT2D eigenvalue weighted by Gasteiger charge is -2.44. The number of hydrogen-bond donors (Lipinski definition) is 3. The second-order valence-electron chi connectivity index (χ2n) is 9.40. The van der Waals surface area contributed by atoms with Crippen LogP contribution in [-0.4, -0.2) is 58.1 Å². The second-order valence-corrected chi connectivity index (χ2v) is 10.4. The number of likely N-dealkylation sites (tertiary alicyclic amines) is 1. The lowest BCUT2D eigenvalue weighted by atomic mass is 9.83. The molecule has 2 amide bonds. The normalized spacial score (nSPS) is 20.2. The van der Waals surface area contributed by atoms with Crippen LogP contribution in [0.1, 0.15) is 46.0 Å². The molecule has 0 unspecified atom stereocenters. The van der Waals surface area contributed by atoms with Gasteiger partial charge in [0.25, 0.3) is 0 Å². The summed E-state index contributed by atoms with van der Waals surface area (Å²) < 4.78 is 7.12. The van der Waals surface area contributed by atoms with Gasteiger partial charge in [-0.2, -0.15) is 0 Å². The first-order chi connectivity index (χ1) is 17.3. The number of hydrogen-bond acceptors (Lipinski definition) is 7. The summed E-state index contributed by atoms with van der Waals surface area (Å²) >= 11 is 1.36. The molecule has 8 nitrogen and oxygen atoms in total. The predicted molar refractivity (Wildman–Crippen MR) is 144 cm³/mol. The molecule has 0 bridgehead atoms. The van der Waals surface area contributed by atoms with E-state index in [9.17, 15) is 14.7 Å². The first-order valence-electron chi connectivity index (χ1n) is 12.5. The molecule has 3 aromatic rings. The van der Waals surface area contributed by atoms with Crippen molar-refractivity contribution >= 4 is 44.2 Å². The maximum absolute atomic E-state index is 12.9. The molecule has 0 aliphatic carbocycles. The Morgan fingerprint density at radius 3 is 2.75 bits per heavy atom.